The van der Waals surface area contributed by atoms with Gasteiger partial charge in [-0.1, -0.05) is 0 Å². The van der Waals surface area contributed by atoms with Crippen LogP contribution in [-0.4, -0.2) is 97.0 Å². The summed E-state index contributed by atoms with van der Waals surface area (Å²) < 4.78 is 10.9. The van der Waals surface area contributed by atoms with E-state index in [1.165, 1.54) is 20.1 Å². The predicted octanol–water partition coefficient (Wildman–Crippen LogP) is 1.09. The molecule has 0 fully saturated rings. The predicted molar refractivity (Wildman–Crippen MR) is 152 cm³/mol. The number of aliphatic hydroxyl groups excluding tert-OH is 3. The van der Waals surface area contributed by atoms with Gasteiger partial charge >= 0.3 is 0 Å². The third-order valence-corrected chi connectivity index (χ3v) is 8.78. The first-order chi connectivity index (χ1) is 21.1. The van der Waals surface area contributed by atoms with E-state index in [1.807, 2.05) is 0 Å². The number of carbonyl (C=O) groups excluding carboxylic acids is 4. The lowest BCUT2D eigenvalue weighted by Gasteiger charge is -2.44. The van der Waals surface area contributed by atoms with Gasteiger partial charge < -0.3 is 45.2 Å². The highest BCUT2D eigenvalue weighted by Gasteiger charge is 2.56. The molecular formula is C32H26O13. The second-order valence-electron chi connectivity index (χ2n) is 11.3. The summed E-state index contributed by atoms with van der Waals surface area (Å²) in [5, 5.41) is 75.8. The fourth-order valence-corrected chi connectivity index (χ4v) is 6.33. The second-order valence-corrected chi connectivity index (χ2v) is 11.3. The van der Waals surface area contributed by atoms with E-state index in [2.05, 4.69) is 0 Å². The lowest BCUT2D eigenvalue weighted by molar-refractivity contribution is -0.158. The number of Topliss-reactive ketones (excluding diaryl/α,β-unsaturated/α-hetero) is 2. The van der Waals surface area contributed by atoms with Gasteiger partial charge in [0.2, 0.25) is 0 Å². The number of fused-ring (bicyclic) bond motifs is 3. The normalized spacial score (nSPS) is 23.8. The van der Waals surface area contributed by atoms with Gasteiger partial charge in [-0.25, -0.2) is 0 Å². The van der Waals surface area contributed by atoms with Crippen LogP contribution in [0.15, 0.2) is 35.4 Å². The Morgan fingerprint density at radius 2 is 1.22 bits per heavy atom. The van der Waals surface area contributed by atoms with Crippen LogP contribution in [0.5, 0.6) is 28.7 Å². The summed E-state index contributed by atoms with van der Waals surface area (Å²) in [4.78, 5) is 55.2. The van der Waals surface area contributed by atoms with E-state index < -0.39 is 97.5 Å². The molecule has 0 saturated heterocycles. The zero-order chi connectivity index (χ0) is 33.0. The molecule has 3 aliphatic rings. The molecule has 3 aromatic carbocycles. The molecule has 3 aliphatic carbocycles. The summed E-state index contributed by atoms with van der Waals surface area (Å²) in [6, 6.07) is 4.50. The van der Waals surface area contributed by atoms with E-state index >= 15 is 0 Å². The van der Waals surface area contributed by atoms with Gasteiger partial charge in [-0.3, -0.25) is 19.2 Å². The van der Waals surface area contributed by atoms with Crippen molar-refractivity contribution >= 4 is 23.1 Å². The zero-order valence-corrected chi connectivity index (χ0v) is 24.1. The van der Waals surface area contributed by atoms with Crippen LogP contribution in [0.25, 0.3) is 11.1 Å². The van der Waals surface area contributed by atoms with Gasteiger partial charge in [0.1, 0.15) is 52.7 Å². The van der Waals surface area contributed by atoms with Crippen molar-refractivity contribution in [2.24, 2.45) is 0 Å². The van der Waals surface area contributed by atoms with Gasteiger partial charge in [0.15, 0.2) is 23.1 Å². The largest absolute Gasteiger partial charge is 0.508 e. The molecule has 0 aliphatic heterocycles. The highest BCUT2D eigenvalue weighted by Crippen LogP contribution is 2.54. The Morgan fingerprint density at radius 3 is 1.84 bits per heavy atom. The molecule has 3 aromatic rings. The molecular weight excluding hydrogens is 592 g/mol. The van der Waals surface area contributed by atoms with Crippen molar-refractivity contribution in [3.05, 3.63) is 74.4 Å². The number of methoxy groups -OCH3 is 2. The van der Waals surface area contributed by atoms with Crippen LogP contribution >= 0.6 is 0 Å². The van der Waals surface area contributed by atoms with Gasteiger partial charge in [-0.2, -0.15) is 0 Å². The van der Waals surface area contributed by atoms with E-state index in [4.69, 9.17) is 9.47 Å². The summed E-state index contributed by atoms with van der Waals surface area (Å²) in [6.45, 7) is 2.48. The number of benzene rings is 3. The molecule has 0 saturated carbocycles. The minimum absolute atomic E-state index is 0.0316. The Labute approximate surface area is 253 Å². The lowest BCUT2D eigenvalue weighted by atomic mass is 9.67. The molecule has 13 heteroatoms. The number of carbonyl (C=O) groups is 4. The Morgan fingerprint density at radius 1 is 0.644 bits per heavy atom. The van der Waals surface area contributed by atoms with E-state index in [0.717, 1.165) is 32.2 Å². The fourth-order valence-electron chi connectivity index (χ4n) is 6.33. The lowest BCUT2D eigenvalue weighted by Crippen LogP contribution is -2.61. The van der Waals surface area contributed by atoms with Crippen molar-refractivity contribution in [3.8, 4) is 39.9 Å². The topological polar surface area (TPSA) is 228 Å². The smallest absolute Gasteiger partial charge is 0.198 e. The fraction of sp³-hybridized carbons (Fsp3) is 0.250. The maximum Gasteiger partial charge on any atom is 0.198 e. The average molecular weight is 619 g/mol. The van der Waals surface area contributed by atoms with Gasteiger partial charge in [0.25, 0.3) is 0 Å². The molecule has 45 heavy (non-hydrogen) atoms. The molecule has 6 rings (SSSR count). The van der Waals surface area contributed by atoms with Crippen molar-refractivity contribution in [2.75, 3.05) is 14.2 Å². The number of aryl methyl sites for hydroxylation is 1. The summed E-state index contributed by atoms with van der Waals surface area (Å²) in [6.07, 6.45) is -6.42. The number of phenolic OH excluding ortho intramolecular Hbond substituents is 3. The molecule has 0 amide bonds. The van der Waals surface area contributed by atoms with Crippen molar-refractivity contribution in [3.63, 3.8) is 0 Å². The quantitative estimate of drug-likeness (QED) is 0.171. The number of aliphatic hydroxyl groups is 4. The number of ether oxygens (including phenoxy) is 2. The molecule has 0 heterocycles. The Bertz CT molecular complexity index is 1970. The molecule has 7 N–H and O–H groups in total. The molecule has 0 radical (unpaired) electrons. The standard InChI is InChI=1S/C32H26O13/c1-9-5-10-11(6-13(9)33)25(36)17-12(24(10)35)7-15(44-3)20(26(17)37)19-16(45-4)8-14(34)18-21(19)28(39)23-22(27(18)38)29(40)31(42)32(2,43)30(23)41/h5-8,29-31,33-34,37,40-43H,1-4H3/t29-,30-,31+,32?/m0/s1. The third-order valence-electron chi connectivity index (χ3n) is 8.78. The summed E-state index contributed by atoms with van der Waals surface area (Å²) >= 11 is 0. The van der Waals surface area contributed by atoms with Gasteiger partial charge in [-0.15, -0.1) is 0 Å². The maximum absolute atomic E-state index is 14.2. The molecule has 1 unspecified atom stereocenters. The summed E-state index contributed by atoms with van der Waals surface area (Å²) in [5.74, 6) is -6.41. The number of aromatic hydroxyl groups is 3. The van der Waals surface area contributed by atoms with Crippen molar-refractivity contribution in [2.45, 2.75) is 37.8 Å². The zero-order valence-electron chi connectivity index (χ0n) is 24.1. The van der Waals surface area contributed by atoms with Gasteiger partial charge in [0.05, 0.1) is 30.9 Å². The highest BCUT2D eigenvalue weighted by atomic mass is 16.5. The van der Waals surface area contributed by atoms with Crippen molar-refractivity contribution in [1.82, 2.24) is 0 Å². The molecule has 13 nitrogen and oxygen atoms in total. The summed E-state index contributed by atoms with van der Waals surface area (Å²) in [7, 11) is 2.31. The Hall–Kier alpha value is -5.08. The number of rotatable bonds is 3. The first kappa shape index (κ1) is 30.0. The Kier molecular flexibility index (Phi) is 6.47. The first-order valence-electron chi connectivity index (χ1n) is 13.5. The number of hydrogen-bond donors (Lipinski definition) is 7. The van der Waals surface area contributed by atoms with Gasteiger partial charge in [0, 0.05) is 45.0 Å². The van der Waals surface area contributed by atoms with Crippen LogP contribution in [0.1, 0.15) is 65.0 Å². The van der Waals surface area contributed by atoms with Crippen LogP contribution in [0.4, 0.5) is 0 Å². The maximum atomic E-state index is 14.2. The summed E-state index contributed by atoms with van der Waals surface area (Å²) in [5.41, 5.74) is -6.84. The number of ketones is 4. The second kappa shape index (κ2) is 9.71. The minimum atomic E-state index is -2.50. The Balaban J connectivity index is 1.70. The minimum Gasteiger partial charge on any atom is -0.508 e. The van der Waals surface area contributed by atoms with E-state index in [1.54, 1.807) is 0 Å². The average Bonchev–Trinajstić information content (AvgIpc) is 2.99. The molecule has 0 bridgehead atoms. The van der Waals surface area contributed by atoms with E-state index in [9.17, 15) is 54.9 Å². The molecule has 4 atom stereocenters. The van der Waals surface area contributed by atoms with Gasteiger partial charge in [-0.05, 0) is 37.6 Å². The van der Waals surface area contributed by atoms with E-state index in [-0.39, 0.29) is 33.9 Å². The van der Waals surface area contributed by atoms with Crippen molar-refractivity contribution < 1.29 is 64.4 Å². The third kappa shape index (κ3) is 3.75. The van der Waals surface area contributed by atoms with Crippen LogP contribution < -0.4 is 9.47 Å². The van der Waals surface area contributed by atoms with Crippen LogP contribution in [0, 0.1) is 6.92 Å². The monoisotopic (exact) mass is 618 g/mol. The molecule has 0 aromatic heterocycles. The van der Waals surface area contributed by atoms with Crippen LogP contribution in [-0.2, 0) is 0 Å². The van der Waals surface area contributed by atoms with Crippen LogP contribution in [0.3, 0.4) is 0 Å². The van der Waals surface area contributed by atoms with Crippen LogP contribution in [0.2, 0.25) is 0 Å². The number of hydrogen-bond acceptors (Lipinski definition) is 13. The molecule has 0 spiro atoms. The van der Waals surface area contributed by atoms with E-state index in [0.29, 0.717) is 5.56 Å². The number of phenols is 3. The first-order valence-corrected chi connectivity index (χ1v) is 13.5. The molecule has 232 valence electrons. The van der Waals surface area contributed by atoms with Crippen molar-refractivity contribution in [1.29, 1.82) is 0 Å². The highest BCUT2D eigenvalue weighted by molar-refractivity contribution is 6.33. The SMILES string of the molecule is COc1cc2c(c(O)c1-c1c(OC)cc(O)c3c1C(=O)C1=C(C3=O)[C@H](O)[C@@H](O)C(C)(O)[C@H]1O)C(=O)c1cc(O)c(C)cc1C2=O.